The Morgan fingerprint density at radius 2 is 1.96 bits per heavy atom. The number of sulfonamides is 1. The normalized spacial score (nSPS) is 18.0. The van der Waals surface area contributed by atoms with Gasteiger partial charge in [-0.05, 0) is 42.8 Å². The summed E-state index contributed by atoms with van der Waals surface area (Å²) in [6, 6.07) is 12.6. The van der Waals surface area contributed by atoms with Crippen molar-refractivity contribution in [1.82, 2.24) is 4.31 Å². The van der Waals surface area contributed by atoms with E-state index in [1.165, 1.54) is 0 Å². The van der Waals surface area contributed by atoms with Crippen molar-refractivity contribution >= 4 is 37.7 Å². The summed E-state index contributed by atoms with van der Waals surface area (Å²) < 4.78 is 39.7. The molecule has 5 nitrogen and oxygen atoms in total. The van der Waals surface area contributed by atoms with Crippen LogP contribution in [0.2, 0.25) is 0 Å². The van der Waals surface area contributed by atoms with E-state index in [1.54, 1.807) is 41.4 Å². The fourth-order valence-corrected chi connectivity index (χ4v) is 6.73. The molecule has 0 N–H and O–H groups in total. The zero-order valence-electron chi connectivity index (χ0n) is 14.5. The first-order valence-corrected chi connectivity index (χ1v) is 11.4. The Morgan fingerprint density at radius 1 is 1.23 bits per heavy atom. The molecule has 1 aliphatic rings. The Hall–Kier alpha value is -1.22. The molecule has 0 aliphatic carbocycles. The van der Waals surface area contributed by atoms with E-state index in [4.69, 9.17) is 9.47 Å². The second-order valence-corrected chi connectivity index (χ2v) is 9.60. The molecular weight excluding hydrogens is 438 g/mol. The van der Waals surface area contributed by atoms with Gasteiger partial charge in [0.15, 0.2) is 0 Å². The molecule has 0 aromatic heterocycles. The van der Waals surface area contributed by atoms with E-state index in [0.29, 0.717) is 23.4 Å². The van der Waals surface area contributed by atoms with Crippen LogP contribution < -0.4 is 9.47 Å². The van der Waals surface area contributed by atoms with Crippen LogP contribution in [0.4, 0.5) is 0 Å². The number of halogens is 1. The Morgan fingerprint density at radius 3 is 2.62 bits per heavy atom. The van der Waals surface area contributed by atoms with Crippen molar-refractivity contribution in [3.05, 3.63) is 52.5 Å². The maximum Gasteiger partial charge on any atom is 0.248 e. The average molecular weight is 458 g/mol. The highest BCUT2D eigenvalue weighted by Gasteiger charge is 2.38. The largest absolute Gasteiger partial charge is 0.497 e. The highest BCUT2D eigenvalue weighted by molar-refractivity contribution is 9.10. The lowest BCUT2D eigenvalue weighted by Crippen LogP contribution is -2.31. The quantitative estimate of drug-likeness (QED) is 0.647. The van der Waals surface area contributed by atoms with Crippen molar-refractivity contribution < 1.29 is 17.9 Å². The van der Waals surface area contributed by atoms with Gasteiger partial charge in [0, 0.05) is 16.8 Å². The van der Waals surface area contributed by atoms with Crippen LogP contribution in [-0.2, 0) is 10.0 Å². The SMILES string of the molecule is CCOc1ccc(Br)cc1S(=O)(=O)N1CCSC1c1ccc(OC)cc1. The third-order valence-electron chi connectivity index (χ3n) is 4.04. The lowest BCUT2D eigenvalue weighted by Gasteiger charge is -2.24. The van der Waals surface area contributed by atoms with E-state index in [0.717, 1.165) is 17.1 Å². The molecule has 0 amide bonds. The van der Waals surface area contributed by atoms with Crippen LogP contribution in [0.25, 0.3) is 0 Å². The van der Waals surface area contributed by atoms with E-state index in [2.05, 4.69) is 15.9 Å². The van der Waals surface area contributed by atoms with E-state index in [9.17, 15) is 8.42 Å². The van der Waals surface area contributed by atoms with Crippen LogP contribution in [-0.4, -0.2) is 38.7 Å². The molecule has 1 unspecified atom stereocenters. The predicted molar refractivity (Wildman–Crippen MR) is 107 cm³/mol. The van der Waals surface area contributed by atoms with Gasteiger partial charge in [-0.15, -0.1) is 11.8 Å². The minimum absolute atomic E-state index is 0.190. The zero-order valence-corrected chi connectivity index (χ0v) is 17.7. The second kappa shape index (κ2) is 8.21. The minimum atomic E-state index is -3.70. The molecule has 1 saturated heterocycles. The van der Waals surface area contributed by atoms with Gasteiger partial charge >= 0.3 is 0 Å². The first kappa shape index (κ1) is 19.5. The van der Waals surface area contributed by atoms with Gasteiger partial charge < -0.3 is 9.47 Å². The molecule has 2 aromatic rings. The van der Waals surface area contributed by atoms with Crippen LogP contribution in [0.5, 0.6) is 11.5 Å². The van der Waals surface area contributed by atoms with E-state index < -0.39 is 10.0 Å². The number of benzene rings is 2. The van der Waals surface area contributed by atoms with Crippen molar-refractivity contribution in [2.45, 2.75) is 17.2 Å². The monoisotopic (exact) mass is 457 g/mol. The first-order valence-electron chi connectivity index (χ1n) is 8.17. The molecule has 0 bridgehead atoms. The molecular formula is C18H20BrNO4S2. The molecule has 1 fully saturated rings. The molecule has 8 heteroatoms. The lowest BCUT2D eigenvalue weighted by atomic mass is 10.2. The Labute approximate surface area is 166 Å². The number of methoxy groups -OCH3 is 1. The van der Waals surface area contributed by atoms with Gasteiger partial charge in [-0.1, -0.05) is 28.1 Å². The third-order valence-corrected chi connectivity index (χ3v) is 7.82. The van der Waals surface area contributed by atoms with Crippen LogP contribution in [0, 0.1) is 0 Å². The summed E-state index contributed by atoms with van der Waals surface area (Å²) in [6.45, 7) is 2.70. The van der Waals surface area contributed by atoms with Crippen LogP contribution in [0.1, 0.15) is 17.9 Å². The van der Waals surface area contributed by atoms with E-state index in [1.807, 2.05) is 31.2 Å². The third kappa shape index (κ3) is 3.88. The maximum atomic E-state index is 13.4. The Bertz CT molecular complexity index is 871. The van der Waals surface area contributed by atoms with Crippen molar-refractivity contribution in [3.8, 4) is 11.5 Å². The van der Waals surface area contributed by atoms with Crippen molar-refractivity contribution in [2.24, 2.45) is 0 Å². The number of rotatable bonds is 6. The molecule has 26 heavy (non-hydrogen) atoms. The summed E-state index contributed by atoms with van der Waals surface area (Å²) in [6.07, 6.45) is 0. The summed E-state index contributed by atoms with van der Waals surface area (Å²) in [7, 11) is -2.09. The number of thioether (sulfide) groups is 1. The van der Waals surface area contributed by atoms with Gasteiger partial charge in [0.1, 0.15) is 16.4 Å². The van der Waals surface area contributed by atoms with Crippen molar-refractivity contribution in [3.63, 3.8) is 0 Å². The van der Waals surface area contributed by atoms with Gasteiger partial charge in [0.25, 0.3) is 0 Å². The number of nitrogens with zero attached hydrogens (tertiary/aromatic N) is 1. The Kier molecular flexibility index (Phi) is 6.17. The standard InChI is InChI=1S/C18H20BrNO4S2/c1-3-24-16-9-6-14(19)12-17(16)26(21,22)20-10-11-25-18(20)13-4-7-15(23-2)8-5-13/h4-9,12,18H,3,10-11H2,1-2H3. The Balaban J connectivity index is 1.99. The number of ether oxygens (including phenoxy) is 2. The summed E-state index contributed by atoms with van der Waals surface area (Å²) >= 11 is 4.98. The summed E-state index contributed by atoms with van der Waals surface area (Å²) in [5, 5.41) is -0.264. The average Bonchev–Trinajstić information content (AvgIpc) is 3.14. The fourth-order valence-electron chi connectivity index (χ4n) is 2.82. The molecule has 0 saturated carbocycles. The highest BCUT2D eigenvalue weighted by Crippen LogP contribution is 2.43. The highest BCUT2D eigenvalue weighted by atomic mass is 79.9. The van der Waals surface area contributed by atoms with Gasteiger partial charge in [-0.2, -0.15) is 4.31 Å². The molecule has 3 rings (SSSR count). The molecule has 0 radical (unpaired) electrons. The molecule has 2 aromatic carbocycles. The second-order valence-electron chi connectivity index (χ2n) is 5.64. The summed E-state index contributed by atoms with van der Waals surface area (Å²) in [5.41, 5.74) is 0.935. The van der Waals surface area contributed by atoms with Crippen LogP contribution in [0.3, 0.4) is 0 Å². The molecule has 1 atom stereocenters. The lowest BCUT2D eigenvalue weighted by molar-refractivity contribution is 0.329. The van der Waals surface area contributed by atoms with Crippen molar-refractivity contribution in [1.29, 1.82) is 0 Å². The van der Waals surface area contributed by atoms with Gasteiger partial charge in [0.2, 0.25) is 10.0 Å². The van der Waals surface area contributed by atoms with Gasteiger partial charge in [-0.25, -0.2) is 8.42 Å². The summed E-state index contributed by atoms with van der Waals surface area (Å²) in [5.74, 6) is 1.87. The fraction of sp³-hybridized carbons (Fsp3) is 0.333. The topological polar surface area (TPSA) is 55.8 Å². The zero-order chi connectivity index (χ0) is 18.7. The smallest absolute Gasteiger partial charge is 0.248 e. The van der Waals surface area contributed by atoms with Crippen LogP contribution in [0.15, 0.2) is 51.8 Å². The van der Waals surface area contributed by atoms with Gasteiger partial charge in [-0.3, -0.25) is 0 Å². The molecule has 140 valence electrons. The van der Waals surface area contributed by atoms with Gasteiger partial charge in [0.05, 0.1) is 19.1 Å². The number of hydrogen-bond acceptors (Lipinski definition) is 5. The van der Waals surface area contributed by atoms with Crippen molar-refractivity contribution in [2.75, 3.05) is 26.0 Å². The van der Waals surface area contributed by atoms with Crippen LogP contribution >= 0.6 is 27.7 Å². The van der Waals surface area contributed by atoms with E-state index >= 15 is 0 Å². The molecule has 1 aliphatic heterocycles. The molecule has 1 heterocycles. The first-order chi connectivity index (χ1) is 12.5. The number of hydrogen-bond donors (Lipinski definition) is 0. The molecule has 0 spiro atoms. The van der Waals surface area contributed by atoms with E-state index in [-0.39, 0.29) is 10.3 Å². The predicted octanol–water partition coefficient (Wildman–Crippen LogP) is 4.29. The maximum absolute atomic E-state index is 13.4. The summed E-state index contributed by atoms with van der Waals surface area (Å²) in [4.78, 5) is 0.190. The minimum Gasteiger partial charge on any atom is -0.497 e.